The van der Waals surface area contributed by atoms with Crippen molar-refractivity contribution in [2.24, 2.45) is 11.8 Å². The average Bonchev–Trinajstić information content (AvgIpc) is 3.53. The number of aliphatic hydroxyl groups is 1. The molecular formula is C40H47N3O7. The molecule has 0 bridgehead atoms. The van der Waals surface area contributed by atoms with E-state index in [1.807, 2.05) is 90.7 Å². The Morgan fingerprint density at radius 2 is 1.62 bits per heavy atom. The van der Waals surface area contributed by atoms with Crippen molar-refractivity contribution in [1.82, 2.24) is 14.7 Å². The van der Waals surface area contributed by atoms with E-state index >= 15 is 9.59 Å². The predicted molar refractivity (Wildman–Crippen MR) is 185 cm³/mol. The van der Waals surface area contributed by atoms with Gasteiger partial charge in [0, 0.05) is 26.1 Å². The van der Waals surface area contributed by atoms with Gasteiger partial charge in [-0.3, -0.25) is 19.2 Å². The van der Waals surface area contributed by atoms with Gasteiger partial charge in [0.1, 0.15) is 23.7 Å². The van der Waals surface area contributed by atoms with E-state index in [1.54, 1.807) is 18.0 Å². The summed E-state index contributed by atoms with van der Waals surface area (Å²) in [4.78, 5) is 63.0. The number of likely N-dealkylation sites (tertiary alicyclic amines) is 1. The van der Waals surface area contributed by atoms with Crippen molar-refractivity contribution >= 4 is 23.7 Å². The van der Waals surface area contributed by atoms with E-state index in [0.717, 1.165) is 37.7 Å². The predicted octanol–water partition coefficient (Wildman–Crippen LogP) is 4.51. The molecule has 0 radical (unpaired) electrons. The van der Waals surface area contributed by atoms with Gasteiger partial charge < -0.3 is 29.3 Å². The zero-order valence-corrected chi connectivity index (χ0v) is 28.8. The van der Waals surface area contributed by atoms with Crippen molar-refractivity contribution in [3.63, 3.8) is 0 Å². The molecule has 1 aliphatic carbocycles. The number of nitrogens with zero attached hydrogens (tertiary/aromatic N) is 3. The van der Waals surface area contributed by atoms with Gasteiger partial charge in [-0.2, -0.15) is 0 Å². The summed E-state index contributed by atoms with van der Waals surface area (Å²) < 4.78 is 13.3. The van der Waals surface area contributed by atoms with Gasteiger partial charge in [-0.25, -0.2) is 0 Å². The van der Waals surface area contributed by atoms with Crippen LogP contribution in [0.3, 0.4) is 0 Å². The second-order valence-corrected chi connectivity index (χ2v) is 14.4. The average molecular weight is 682 g/mol. The van der Waals surface area contributed by atoms with E-state index in [1.165, 1.54) is 4.90 Å². The van der Waals surface area contributed by atoms with Gasteiger partial charge in [0.15, 0.2) is 0 Å². The third kappa shape index (κ3) is 5.86. The van der Waals surface area contributed by atoms with Crippen LogP contribution in [0.25, 0.3) is 0 Å². The van der Waals surface area contributed by atoms with E-state index in [2.05, 4.69) is 0 Å². The number of esters is 1. The molecule has 10 nitrogen and oxygen atoms in total. The Balaban J connectivity index is 1.35. The Labute approximate surface area is 293 Å². The fourth-order valence-corrected chi connectivity index (χ4v) is 8.93. The molecule has 1 saturated carbocycles. The molecular weight excluding hydrogens is 634 g/mol. The lowest BCUT2D eigenvalue weighted by Crippen LogP contribution is -2.58. The normalized spacial score (nSPS) is 33.5. The van der Waals surface area contributed by atoms with E-state index in [9.17, 15) is 14.7 Å². The monoisotopic (exact) mass is 681 g/mol. The zero-order chi connectivity index (χ0) is 35.0. The maximum Gasteiger partial charge on any atom is 0.313 e. The molecule has 5 aliphatic rings. The van der Waals surface area contributed by atoms with Crippen molar-refractivity contribution in [2.75, 3.05) is 20.2 Å². The number of amides is 3. The standard InChI is InChI=1S/C40H47N3O7/c1-26-35(28-17-8-4-9-18-28)49-39(48)33-31(21-12-13-22-32(45)41(26)2)50-40-23-14-24-42(29-19-10-5-11-20-29)38(47)36(40)43(37(46)34(33)40)30(25-44)27-15-6-3-7-16-27/h3-4,6-9,12,14-18,21,23,26,29-31,33-36,44H,5,10-11,13,19-20,22,24-25H2,1-2H3/b21-12-/t26-,30-,31-,33+,34+,35+,36-,40+/m1/s1. The molecule has 3 fully saturated rings. The van der Waals surface area contributed by atoms with Gasteiger partial charge in [0.05, 0.1) is 30.7 Å². The molecule has 0 aromatic heterocycles. The number of fused-ring (bicyclic) bond motifs is 2. The molecule has 2 aromatic rings. The first-order chi connectivity index (χ1) is 24.3. The van der Waals surface area contributed by atoms with Crippen molar-refractivity contribution in [3.05, 3.63) is 96.1 Å². The van der Waals surface area contributed by atoms with Crippen LogP contribution in [0.1, 0.15) is 75.1 Å². The molecule has 8 atom stereocenters. The van der Waals surface area contributed by atoms with Crippen LogP contribution in [-0.2, 0) is 28.7 Å². The van der Waals surface area contributed by atoms with Crippen LogP contribution in [0.4, 0.5) is 0 Å². The van der Waals surface area contributed by atoms with Crippen LogP contribution < -0.4 is 0 Å². The minimum atomic E-state index is -1.49. The van der Waals surface area contributed by atoms with Crippen molar-refractivity contribution in [3.8, 4) is 0 Å². The third-order valence-electron chi connectivity index (χ3n) is 11.6. The Hall–Kier alpha value is -4.28. The lowest BCUT2D eigenvalue weighted by Gasteiger charge is -2.41. The SMILES string of the molecule is C[C@@H]1[C@@H](c2ccccc2)OC(=O)[C@@H]2[C@H]3C(=O)N([C@H](CO)c4ccccc4)[C@@H]4C(=O)N(C5CCCCC5)CC=C[C@]34O[C@@H]2/C=C\CCC(=O)N1C. The highest BCUT2D eigenvalue weighted by molar-refractivity contribution is 5.99. The number of rotatable bonds is 5. The van der Waals surface area contributed by atoms with Crippen LogP contribution in [0.2, 0.25) is 0 Å². The van der Waals surface area contributed by atoms with Gasteiger partial charge in [-0.05, 0) is 37.3 Å². The first-order valence-corrected chi connectivity index (χ1v) is 18.1. The van der Waals surface area contributed by atoms with Crippen LogP contribution in [-0.4, -0.2) is 93.5 Å². The zero-order valence-electron chi connectivity index (χ0n) is 28.8. The van der Waals surface area contributed by atoms with Crippen molar-refractivity contribution < 1.29 is 33.8 Å². The summed E-state index contributed by atoms with van der Waals surface area (Å²) in [6, 6.07) is 16.1. The summed E-state index contributed by atoms with van der Waals surface area (Å²) in [7, 11) is 1.71. The molecule has 264 valence electrons. The lowest BCUT2D eigenvalue weighted by molar-refractivity contribution is -0.164. The van der Waals surface area contributed by atoms with Gasteiger partial charge >= 0.3 is 5.97 Å². The van der Waals surface area contributed by atoms with E-state index in [0.29, 0.717) is 18.5 Å². The molecule has 50 heavy (non-hydrogen) atoms. The van der Waals surface area contributed by atoms with Crippen LogP contribution in [0, 0.1) is 11.8 Å². The summed E-state index contributed by atoms with van der Waals surface area (Å²) in [6.45, 7) is 1.81. The molecule has 4 heterocycles. The number of hydrogen-bond acceptors (Lipinski definition) is 7. The second kappa shape index (κ2) is 14.2. The summed E-state index contributed by atoms with van der Waals surface area (Å²) in [5.41, 5.74) is -0.0775. The van der Waals surface area contributed by atoms with Crippen molar-refractivity contribution in [2.45, 2.75) is 93.8 Å². The number of carbonyl (C=O) groups excluding carboxylic acids is 4. The summed E-state index contributed by atoms with van der Waals surface area (Å²) in [5, 5.41) is 10.9. The second-order valence-electron chi connectivity index (χ2n) is 14.4. The molecule has 1 N–H and O–H groups in total. The Bertz CT molecular complexity index is 1640. The number of benzene rings is 2. The molecule has 2 saturated heterocycles. The summed E-state index contributed by atoms with van der Waals surface area (Å²) >= 11 is 0. The lowest BCUT2D eigenvalue weighted by atomic mass is 9.77. The fraction of sp³-hybridized carbons (Fsp3) is 0.500. The maximum absolute atomic E-state index is 15.1. The number of aliphatic hydroxyl groups excluding tert-OH is 1. The smallest absolute Gasteiger partial charge is 0.313 e. The first kappa shape index (κ1) is 34.2. The summed E-state index contributed by atoms with van der Waals surface area (Å²) in [5.74, 6) is -3.55. The highest BCUT2D eigenvalue weighted by Crippen LogP contribution is 2.55. The van der Waals surface area contributed by atoms with Crippen LogP contribution in [0.15, 0.2) is 85.0 Å². The van der Waals surface area contributed by atoms with Gasteiger partial charge in [-0.1, -0.05) is 104 Å². The molecule has 10 heteroatoms. The largest absolute Gasteiger partial charge is 0.455 e. The van der Waals surface area contributed by atoms with Gasteiger partial charge in [0.25, 0.3) is 0 Å². The number of carbonyl (C=O) groups is 4. The molecule has 1 spiro atoms. The third-order valence-corrected chi connectivity index (χ3v) is 11.6. The van der Waals surface area contributed by atoms with Crippen molar-refractivity contribution in [1.29, 1.82) is 0 Å². The van der Waals surface area contributed by atoms with Crippen LogP contribution >= 0.6 is 0 Å². The summed E-state index contributed by atoms with van der Waals surface area (Å²) in [6.07, 6.45) is 11.2. The van der Waals surface area contributed by atoms with E-state index < -0.39 is 66.3 Å². The molecule has 7 rings (SSSR count). The van der Waals surface area contributed by atoms with E-state index in [4.69, 9.17) is 9.47 Å². The maximum atomic E-state index is 15.1. The minimum Gasteiger partial charge on any atom is -0.455 e. The highest BCUT2D eigenvalue weighted by atomic mass is 16.6. The highest BCUT2D eigenvalue weighted by Gasteiger charge is 2.73. The molecule has 3 amide bonds. The number of hydrogen-bond donors (Lipinski definition) is 1. The number of ether oxygens (including phenoxy) is 2. The quantitative estimate of drug-likeness (QED) is 0.365. The molecule has 4 aliphatic heterocycles. The minimum absolute atomic E-state index is 0.0264. The van der Waals surface area contributed by atoms with Gasteiger partial charge in [0.2, 0.25) is 17.7 Å². The number of likely N-dealkylation sites (N-methyl/N-ethyl adjacent to an activating group) is 1. The molecule has 0 unspecified atom stereocenters. The van der Waals surface area contributed by atoms with E-state index in [-0.39, 0.29) is 24.3 Å². The Morgan fingerprint density at radius 3 is 2.32 bits per heavy atom. The molecule has 2 aromatic carbocycles. The Kier molecular flexibility index (Phi) is 9.67. The fourth-order valence-electron chi connectivity index (χ4n) is 8.93. The first-order valence-electron chi connectivity index (χ1n) is 18.1. The topological polar surface area (TPSA) is 117 Å². The number of cyclic esters (lactones) is 1. The number of allylic oxidation sites excluding steroid dienone is 1. The van der Waals surface area contributed by atoms with Gasteiger partial charge in [-0.15, -0.1) is 0 Å². The Morgan fingerprint density at radius 1 is 0.920 bits per heavy atom. The van der Waals surface area contributed by atoms with Crippen LogP contribution in [0.5, 0.6) is 0 Å².